The first kappa shape index (κ1) is 6.60. The third-order valence-electron chi connectivity index (χ3n) is 1.98. The second-order valence-electron chi connectivity index (χ2n) is 2.62. The molecule has 0 aliphatic heterocycles. The minimum absolute atomic E-state index is 1.22. The molecule has 0 radical (unpaired) electrons. The Morgan fingerprint density at radius 1 is 1.33 bits per heavy atom. The van der Waals surface area contributed by atoms with Crippen LogP contribution in [0.4, 0.5) is 0 Å². The van der Waals surface area contributed by atoms with Crippen LogP contribution >= 0.6 is 0 Å². The van der Waals surface area contributed by atoms with Crippen LogP contribution in [-0.2, 0) is 0 Å². The lowest BCUT2D eigenvalue weighted by Gasteiger charge is -2.15. The first-order valence-electron chi connectivity index (χ1n) is 3.68. The first-order chi connectivity index (χ1) is 4.34. The number of hydrogen-bond acceptors (Lipinski definition) is 0. The molecule has 0 N–H and O–H groups in total. The summed E-state index contributed by atoms with van der Waals surface area (Å²) in [4.78, 5) is 0. The monoisotopic (exact) mass is 122 g/mol. The number of hydrogen-bond donors (Lipinski definition) is 0. The molecule has 1 aliphatic carbocycles. The largest absolute Gasteiger partial charge is 0.0956 e. The van der Waals surface area contributed by atoms with Crippen LogP contribution in [0.25, 0.3) is 0 Å². The summed E-state index contributed by atoms with van der Waals surface area (Å²) in [6.07, 6.45) is 7.38. The van der Waals surface area contributed by atoms with Gasteiger partial charge in [-0.25, -0.2) is 0 Å². The third kappa shape index (κ3) is 1.44. The summed E-state index contributed by atoms with van der Waals surface area (Å²) in [5.41, 5.74) is 2.85. The van der Waals surface area contributed by atoms with Crippen molar-refractivity contribution in [1.29, 1.82) is 0 Å². The highest BCUT2D eigenvalue weighted by Crippen LogP contribution is 2.26. The van der Waals surface area contributed by atoms with Gasteiger partial charge in [0.25, 0.3) is 0 Å². The van der Waals surface area contributed by atoms with Crippen molar-refractivity contribution < 1.29 is 0 Å². The Morgan fingerprint density at radius 2 is 2.00 bits per heavy atom. The molecule has 9 heavy (non-hydrogen) atoms. The highest BCUT2D eigenvalue weighted by molar-refractivity contribution is 5.29. The molecule has 0 atom stereocenters. The van der Waals surface area contributed by atoms with E-state index in [1.807, 2.05) is 0 Å². The van der Waals surface area contributed by atoms with Gasteiger partial charge >= 0.3 is 0 Å². The standard InChI is InChI=1S/C9H14/c1-3-9-7-5-4-6-8(9)2/h3H,2,4-7H2,1H3/b9-3-. The summed E-state index contributed by atoms with van der Waals surface area (Å²) < 4.78 is 0. The van der Waals surface area contributed by atoms with Crippen molar-refractivity contribution in [2.24, 2.45) is 0 Å². The molecule has 0 amide bonds. The van der Waals surface area contributed by atoms with E-state index in [9.17, 15) is 0 Å². The molecular formula is C9H14. The van der Waals surface area contributed by atoms with Crippen LogP contribution in [0.15, 0.2) is 23.8 Å². The quantitative estimate of drug-likeness (QED) is 0.463. The van der Waals surface area contributed by atoms with Crippen molar-refractivity contribution in [2.75, 3.05) is 0 Å². The Balaban J connectivity index is 2.60. The van der Waals surface area contributed by atoms with Crippen molar-refractivity contribution >= 4 is 0 Å². The minimum atomic E-state index is 1.22. The molecule has 1 aliphatic rings. The average molecular weight is 122 g/mol. The number of allylic oxidation sites excluding steroid dienone is 3. The van der Waals surface area contributed by atoms with Gasteiger partial charge in [-0.15, -0.1) is 0 Å². The van der Waals surface area contributed by atoms with Crippen molar-refractivity contribution in [3.63, 3.8) is 0 Å². The van der Waals surface area contributed by atoms with Gasteiger partial charge in [-0.3, -0.25) is 0 Å². The zero-order chi connectivity index (χ0) is 6.69. The fourth-order valence-corrected chi connectivity index (χ4v) is 1.34. The molecule has 0 saturated heterocycles. The molecule has 0 aromatic rings. The highest BCUT2D eigenvalue weighted by atomic mass is 14.1. The maximum atomic E-state index is 4.00. The van der Waals surface area contributed by atoms with Crippen LogP contribution in [0.1, 0.15) is 32.6 Å². The Bertz CT molecular complexity index is 140. The smallest absolute Gasteiger partial charge is 0.0280 e. The lowest BCUT2D eigenvalue weighted by Crippen LogP contribution is -1.95. The zero-order valence-electron chi connectivity index (χ0n) is 6.11. The minimum Gasteiger partial charge on any atom is -0.0956 e. The van der Waals surface area contributed by atoms with Crippen LogP contribution in [0, 0.1) is 0 Å². The Hall–Kier alpha value is -0.520. The second kappa shape index (κ2) is 2.86. The molecule has 1 fully saturated rings. The van der Waals surface area contributed by atoms with Gasteiger partial charge in [-0.1, -0.05) is 18.2 Å². The SMILES string of the molecule is C=C1CCCC/C1=C/C. The van der Waals surface area contributed by atoms with E-state index >= 15 is 0 Å². The normalized spacial score (nSPS) is 25.0. The average Bonchev–Trinajstić information content (AvgIpc) is 1.89. The molecule has 1 rings (SSSR count). The Kier molecular flexibility index (Phi) is 2.10. The maximum Gasteiger partial charge on any atom is -0.0280 e. The van der Waals surface area contributed by atoms with Crippen LogP contribution < -0.4 is 0 Å². The lowest BCUT2D eigenvalue weighted by molar-refractivity contribution is 0.680. The van der Waals surface area contributed by atoms with Crippen LogP contribution in [0.5, 0.6) is 0 Å². The van der Waals surface area contributed by atoms with E-state index < -0.39 is 0 Å². The van der Waals surface area contributed by atoms with E-state index in [0.717, 1.165) is 0 Å². The fourth-order valence-electron chi connectivity index (χ4n) is 1.34. The predicted molar refractivity (Wildman–Crippen MR) is 41.4 cm³/mol. The van der Waals surface area contributed by atoms with E-state index in [4.69, 9.17) is 0 Å². The van der Waals surface area contributed by atoms with E-state index in [1.54, 1.807) is 0 Å². The molecule has 1 saturated carbocycles. The molecule has 0 heterocycles. The molecule has 0 spiro atoms. The maximum absolute atomic E-state index is 4.00. The van der Waals surface area contributed by atoms with Crippen molar-refractivity contribution in [1.82, 2.24) is 0 Å². The summed E-state index contributed by atoms with van der Waals surface area (Å²) in [6.45, 7) is 6.10. The molecule has 50 valence electrons. The summed E-state index contributed by atoms with van der Waals surface area (Å²) in [5, 5.41) is 0. The predicted octanol–water partition coefficient (Wildman–Crippen LogP) is 3.06. The van der Waals surface area contributed by atoms with Gasteiger partial charge in [0, 0.05) is 0 Å². The van der Waals surface area contributed by atoms with Gasteiger partial charge in [-0.2, -0.15) is 0 Å². The third-order valence-corrected chi connectivity index (χ3v) is 1.98. The topological polar surface area (TPSA) is 0 Å². The van der Waals surface area contributed by atoms with Crippen LogP contribution in [0.3, 0.4) is 0 Å². The number of rotatable bonds is 0. The molecular weight excluding hydrogens is 108 g/mol. The second-order valence-corrected chi connectivity index (χ2v) is 2.62. The van der Waals surface area contributed by atoms with Gasteiger partial charge in [-0.05, 0) is 38.2 Å². The first-order valence-corrected chi connectivity index (χ1v) is 3.68. The van der Waals surface area contributed by atoms with E-state index in [2.05, 4.69) is 19.6 Å². The summed E-state index contributed by atoms with van der Waals surface area (Å²) in [6, 6.07) is 0. The van der Waals surface area contributed by atoms with Gasteiger partial charge in [0.15, 0.2) is 0 Å². The zero-order valence-corrected chi connectivity index (χ0v) is 6.11. The van der Waals surface area contributed by atoms with Crippen molar-refractivity contribution in [2.45, 2.75) is 32.6 Å². The molecule has 0 unspecified atom stereocenters. The highest BCUT2D eigenvalue weighted by Gasteiger charge is 2.06. The summed E-state index contributed by atoms with van der Waals surface area (Å²) >= 11 is 0. The van der Waals surface area contributed by atoms with E-state index in [0.29, 0.717) is 0 Å². The molecule has 0 nitrogen and oxygen atoms in total. The summed E-state index contributed by atoms with van der Waals surface area (Å²) in [5.74, 6) is 0. The molecule has 0 aromatic heterocycles. The van der Waals surface area contributed by atoms with Gasteiger partial charge < -0.3 is 0 Å². The van der Waals surface area contributed by atoms with Gasteiger partial charge in [0.2, 0.25) is 0 Å². The fraction of sp³-hybridized carbons (Fsp3) is 0.556. The Morgan fingerprint density at radius 3 is 2.44 bits per heavy atom. The molecule has 0 aromatic carbocycles. The van der Waals surface area contributed by atoms with Gasteiger partial charge in [0.1, 0.15) is 0 Å². The van der Waals surface area contributed by atoms with E-state index in [-0.39, 0.29) is 0 Å². The Labute approximate surface area is 57.3 Å². The van der Waals surface area contributed by atoms with Crippen LogP contribution in [0.2, 0.25) is 0 Å². The molecule has 0 bridgehead atoms. The summed E-state index contributed by atoms with van der Waals surface area (Å²) in [7, 11) is 0. The van der Waals surface area contributed by atoms with Gasteiger partial charge in [0.05, 0.1) is 0 Å². The van der Waals surface area contributed by atoms with Crippen molar-refractivity contribution in [3.05, 3.63) is 23.8 Å². The van der Waals surface area contributed by atoms with E-state index in [1.165, 1.54) is 36.8 Å². The molecule has 0 heteroatoms. The van der Waals surface area contributed by atoms with Crippen molar-refractivity contribution in [3.8, 4) is 0 Å². The lowest BCUT2D eigenvalue weighted by atomic mass is 9.91. The van der Waals surface area contributed by atoms with Crippen LogP contribution in [-0.4, -0.2) is 0 Å².